The molecule has 10 heteroatoms. The molecule has 0 fully saturated rings. The lowest BCUT2D eigenvalue weighted by Gasteiger charge is -2.27. The first kappa shape index (κ1) is 23.8. The number of urea groups is 1. The molecule has 0 spiro atoms. The lowest BCUT2D eigenvalue weighted by molar-refractivity contribution is -0.143. The van der Waals surface area contributed by atoms with Gasteiger partial charge in [-0.2, -0.15) is 0 Å². The number of carbonyl (C=O) groups is 3. The number of hydrogen-bond donors (Lipinski definition) is 2. The average molecular weight is 482 g/mol. The lowest BCUT2D eigenvalue weighted by atomic mass is 10.0. The van der Waals surface area contributed by atoms with Gasteiger partial charge in [0.05, 0.1) is 36.1 Å². The summed E-state index contributed by atoms with van der Waals surface area (Å²) in [6, 6.07) is 11.3. The Morgan fingerprint density at radius 1 is 1.09 bits per heavy atom. The number of halogens is 1. The van der Waals surface area contributed by atoms with Crippen molar-refractivity contribution in [2.45, 2.75) is 25.8 Å². The smallest absolute Gasteiger partial charge is 0.338 e. The highest BCUT2D eigenvalue weighted by Gasteiger charge is 2.35. The van der Waals surface area contributed by atoms with Crippen LogP contribution in [0.15, 0.2) is 74.9 Å². The molecule has 2 amide bonds. The van der Waals surface area contributed by atoms with E-state index in [1.165, 1.54) is 12.3 Å². The molecule has 0 saturated carbocycles. The van der Waals surface area contributed by atoms with E-state index in [2.05, 4.69) is 10.6 Å². The standard InChI is InChI=1S/C25H23FN2O7/c1-2-32-24(30)22-18(27-25(31)28-23(22)20-8-5-13-33-20)14-34-21(29)12-10-15-9-11-19(35-15)16-6-3-4-7-17(16)26/h3-9,11,13,23H,2,10,12,14H2,1H3,(H2,27,28,31). The molecule has 1 aliphatic rings. The maximum Gasteiger partial charge on any atom is 0.338 e. The molecule has 0 saturated heterocycles. The van der Waals surface area contributed by atoms with Crippen LogP contribution in [-0.4, -0.2) is 31.2 Å². The topological polar surface area (TPSA) is 120 Å². The predicted octanol–water partition coefficient (Wildman–Crippen LogP) is 4.03. The van der Waals surface area contributed by atoms with E-state index < -0.39 is 29.8 Å². The van der Waals surface area contributed by atoms with Gasteiger partial charge in [-0.25, -0.2) is 14.0 Å². The van der Waals surface area contributed by atoms with Crippen LogP contribution in [0.2, 0.25) is 0 Å². The molecule has 0 aliphatic carbocycles. The van der Waals surface area contributed by atoms with Gasteiger partial charge in [-0.15, -0.1) is 0 Å². The van der Waals surface area contributed by atoms with Gasteiger partial charge in [0.1, 0.15) is 35.7 Å². The van der Waals surface area contributed by atoms with Crippen LogP contribution in [0.4, 0.5) is 9.18 Å². The van der Waals surface area contributed by atoms with Crippen molar-refractivity contribution in [1.29, 1.82) is 0 Å². The number of amides is 2. The van der Waals surface area contributed by atoms with Crippen LogP contribution < -0.4 is 10.6 Å². The fourth-order valence-corrected chi connectivity index (χ4v) is 3.62. The molecule has 182 valence electrons. The summed E-state index contributed by atoms with van der Waals surface area (Å²) in [5, 5.41) is 5.12. The first-order valence-corrected chi connectivity index (χ1v) is 11.0. The molecule has 2 aromatic heterocycles. The predicted molar refractivity (Wildman–Crippen MR) is 120 cm³/mol. The van der Waals surface area contributed by atoms with Crippen LogP contribution in [0.3, 0.4) is 0 Å². The minimum Gasteiger partial charge on any atom is -0.467 e. The second kappa shape index (κ2) is 10.7. The lowest BCUT2D eigenvalue weighted by Crippen LogP contribution is -2.47. The van der Waals surface area contributed by atoms with Crippen molar-refractivity contribution in [3.63, 3.8) is 0 Å². The molecule has 4 rings (SSSR count). The Kier molecular flexibility index (Phi) is 7.30. The third-order valence-corrected chi connectivity index (χ3v) is 5.23. The molecule has 1 atom stereocenters. The number of benzene rings is 1. The third-order valence-electron chi connectivity index (χ3n) is 5.23. The molecule has 1 aliphatic heterocycles. The highest BCUT2D eigenvalue weighted by Crippen LogP contribution is 2.28. The van der Waals surface area contributed by atoms with Crippen LogP contribution in [0.5, 0.6) is 0 Å². The van der Waals surface area contributed by atoms with Crippen LogP contribution >= 0.6 is 0 Å². The van der Waals surface area contributed by atoms with E-state index in [0.29, 0.717) is 22.8 Å². The SMILES string of the molecule is CCOC(=O)C1=C(COC(=O)CCc2ccc(-c3ccccc3F)o2)NC(=O)NC1c1ccco1. The Balaban J connectivity index is 1.42. The molecular formula is C25H23FN2O7. The summed E-state index contributed by atoms with van der Waals surface area (Å²) in [5.74, 6) is -0.488. The number of rotatable bonds is 9. The molecule has 3 heterocycles. The van der Waals surface area contributed by atoms with Crippen molar-refractivity contribution in [1.82, 2.24) is 10.6 Å². The summed E-state index contributed by atoms with van der Waals surface area (Å²) in [7, 11) is 0. The Morgan fingerprint density at radius 3 is 2.66 bits per heavy atom. The quantitative estimate of drug-likeness (QED) is 0.442. The first-order chi connectivity index (χ1) is 17.0. The monoisotopic (exact) mass is 482 g/mol. The zero-order valence-electron chi connectivity index (χ0n) is 18.8. The van der Waals surface area contributed by atoms with E-state index in [4.69, 9.17) is 18.3 Å². The maximum absolute atomic E-state index is 13.9. The van der Waals surface area contributed by atoms with Gasteiger partial charge in [0.25, 0.3) is 0 Å². The summed E-state index contributed by atoms with van der Waals surface area (Å²) in [6.45, 7) is 1.42. The van der Waals surface area contributed by atoms with E-state index in [1.54, 1.807) is 49.4 Å². The zero-order chi connectivity index (χ0) is 24.8. The van der Waals surface area contributed by atoms with Crippen molar-refractivity contribution in [3.05, 3.63) is 83.4 Å². The van der Waals surface area contributed by atoms with E-state index in [0.717, 1.165) is 0 Å². The number of aryl methyl sites for hydroxylation is 1. The number of esters is 2. The van der Waals surface area contributed by atoms with Gasteiger partial charge in [-0.3, -0.25) is 4.79 Å². The number of nitrogens with one attached hydrogen (secondary N) is 2. The fourth-order valence-electron chi connectivity index (χ4n) is 3.62. The number of ether oxygens (including phenoxy) is 2. The summed E-state index contributed by atoms with van der Waals surface area (Å²) in [5.41, 5.74) is 0.504. The summed E-state index contributed by atoms with van der Waals surface area (Å²) in [4.78, 5) is 37.2. The second-order valence-corrected chi connectivity index (χ2v) is 7.57. The normalized spacial score (nSPS) is 15.4. The number of furan rings is 2. The Bertz CT molecular complexity index is 1250. The molecule has 2 N–H and O–H groups in total. The number of carbonyl (C=O) groups excluding carboxylic acids is 3. The average Bonchev–Trinajstić information content (AvgIpc) is 3.54. The number of hydrogen-bond acceptors (Lipinski definition) is 7. The Labute approximate surface area is 199 Å². The molecule has 35 heavy (non-hydrogen) atoms. The molecule has 1 aromatic carbocycles. The first-order valence-electron chi connectivity index (χ1n) is 11.0. The molecule has 0 radical (unpaired) electrons. The van der Waals surface area contributed by atoms with Crippen LogP contribution in [0.1, 0.15) is 30.9 Å². The van der Waals surface area contributed by atoms with E-state index in [1.807, 2.05) is 0 Å². The van der Waals surface area contributed by atoms with Crippen molar-refractivity contribution in [2.75, 3.05) is 13.2 Å². The summed E-state index contributed by atoms with van der Waals surface area (Å²) in [6.07, 6.45) is 1.61. The van der Waals surface area contributed by atoms with Gasteiger partial charge in [0, 0.05) is 6.42 Å². The van der Waals surface area contributed by atoms with Gasteiger partial charge >= 0.3 is 18.0 Å². The van der Waals surface area contributed by atoms with Crippen LogP contribution in [0.25, 0.3) is 11.3 Å². The third kappa shape index (κ3) is 5.60. The van der Waals surface area contributed by atoms with Gasteiger partial charge in [0.2, 0.25) is 0 Å². The van der Waals surface area contributed by atoms with E-state index >= 15 is 0 Å². The van der Waals surface area contributed by atoms with Crippen molar-refractivity contribution < 1.29 is 37.1 Å². The van der Waals surface area contributed by atoms with Crippen LogP contribution in [0, 0.1) is 5.82 Å². The van der Waals surface area contributed by atoms with Crippen molar-refractivity contribution >= 4 is 18.0 Å². The van der Waals surface area contributed by atoms with Crippen molar-refractivity contribution in [3.8, 4) is 11.3 Å². The molecular weight excluding hydrogens is 459 g/mol. The molecule has 0 bridgehead atoms. The minimum atomic E-state index is -0.897. The van der Waals surface area contributed by atoms with E-state index in [-0.39, 0.29) is 37.3 Å². The molecule has 3 aromatic rings. The highest BCUT2D eigenvalue weighted by atomic mass is 19.1. The second-order valence-electron chi connectivity index (χ2n) is 7.57. The summed E-state index contributed by atoms with van der Waals surface area (Å²) < 4.78 is 35.4. The fraction of sp³-hybridized carbons (Fsp3) is 0.240. The molecule has 9 nitrogen and oxygen atoms in total. The van der Waals surface area contributed by atoms with Crippen LogP contribution in [-0.2, 0) is 25.5 Å². The summed E-state index contributed by atoms with van der Waals surface area (Å²) >= 11 is 0. The van der Waals surface area contributed by atoms with Gasteiger partial charge < -0.3 is 28.9 Å². The van der Waals surface area contributed by atoms with Gasteiger partial charge in [-0.05, 0) is 43.3 Å². The maximum atomic E-state index is 13.9. The molecule has 1 unspecified atom stereocenters. The Morgan fingerprint density at radius 2 is 1.91 bits per heavy atom. The minimum absolute atomic E-state index is 0.0277. The van der Waals surface area contributed by atoms with E-state index in [9.17, 15) is 18.8 Å². The zero-order valence-corrected chi connectivity index (χ0v) is 18.8. The highest BCUT2D eigenvalue weighted by molar-refractivity contribution is 5.95. The largest absolute Gasteiger partial charge is 0.467 e. The van der Waals surface area contributed by atoms with Gasteiger partial charge in [-0.1, -0.05) is 12.1 Å². The Hall–Kier alpha value is -4.34. The van der Waals surface area contributed by atoms with Gasteiger partial charge in [0.15, 0.2) is 0 Å². The van der Waals surface area contributed by atoms with Crippen molar-refractivity contribution in [2.24, 2.45) is 0 Å².